The summed E-state index contributed by atoms with van der Waals surface area (Å²) >= 11 is 0. The highest BCUT2D eigenvalue weighted by Gasteiger charge is 2.56. The van der Waals surface area contributed by atoms with Crippen LogP contribution in [0.5, 0.6) is 0 Å². The second kappa shape index (κ2) is 7.60. The Bertz CT molecular complexity index is 1260. The molecule has 4 aliphatic rings. The zero-order chi connectivity index (χ0) is 22.9. The van der Waals surface area contributed by atoms with Gasteiger partial charge in [-0.1, -0.05) is 48.5 Å². The molecular weight excluding hydrogens is 429 g/mol. The van der Waals surface area contributed by atoms with E-state index in [0.717, 1.165) is 37.9 Å². The minimum Gasteiger partial charge on any atom is -0.371 e. The molecule has 3 fully saturated rings. The van der Waals surface area contributed by atoms with Crippen LogP contribution in [0.3, 0.4) is 0 Å². The number of epoxide rings is 1. The van der Waals surface area contributed by atoms with Gasteiger partial charge in [-0.3, -0.25) is 14.6 Å². The lowest BCUT2D eigenvalue weighted by Crippen LogP contribution is -2.57. The first-order valence-electron chi connectivity index (χ1n) is 12.3. The maximum atomic E-state index is 13.6. The molecule has 34 heavy (non-hydrogen) atoms. The fourth-order valence-corrected chi connectivity index (χ4v) is 6.72. The Morgan fingerprint density at radius 1 is 1.03 bits per heavy atom. The number of amides is 1. The number of rotatable bonds is 4. The minimum atomic E-state index is -0.543. The van der Waals surface area contributed by atoms with Crippen molar-refractivity contribution in [3.8, 4) is 0 Å². The van der Waals surface area contributed by atoms with Crippen molar-refractivity contribution in [2.24, 2.45) is 0 Å². The summed E-state index contributed by atoms with van der Waals surface area (Å²) in [5, 5.41) is 5.86. The summed E-state index contributed by atoms with van der Waals surface area (Å²) < 4.78 is 19.3. The van der Waals surface area contributed by atoms with Gasteiger partial charge in [-0.25, -0.2) is 4.39 Å². The van der Waals surface area contributed by atoms with Gasteiger partial charge in [-0.15, -0.1) is 0 Å². The van der Waals surface area contributed by atoms with E-state index >= 15 is 0 Å². The zero-order valence-corrected chi connectivity index (χ0v) is 19.0. The molecule has 1 spiro atoms. The van der Waals surface area contributed by atoms with Gasteiger partial charge < -0.3 is 10.1 Å². The molecule has 0 radical (unpaired) electrons. The quantitative estimate of drug-likeness (QED) is 0.603. The SMILES string of the molecule is O=C1NCN(C(c2ccc(F)cc2)[C@@H]2CO2)C12CCN(C1Cc3cccc4cccc1c34)CC2. The fourth-order valence-electron chi connectivity index (χ4n) is 6.72. The number of nitrogens with one attached hydrogen (secondary N) is 1. The van der Waals surface area contributed by atoms with E-state index in [1.807, 2.05) is 12.1 Å². The highest BCUT2D eigenvalue weighted by molar-refractivity contribution is 5.91. The first kappa shape index (κ1) is 20.6. The van der Waals surface area contributed by atoms with Gasteiger partial charge in [0.2, 0.25) is 5.91 Å². The number of benzene rings is 3. The molecule has 174 valence electrons. The molecule has 5 nitrogen and oxygen atoms in total. The molecule has 2 unspecified atom stereocenters. The Kier molecular flexibility index (Phi) is 4.60. The second-order valence-electron chi connectivity index (χ2n) is 10.2. The summed E-state index contributed by atoms with van der Waals surface area (Å²) in [6.07, 6.45) is 2.65. The van der Waals surface area contributed by atoms with Crippen molar-refractivity contribution in [3.05, 3.63) is 83.2 Å². The van der Waals surface area contributed by atoms with Crippen LogP contribution < -0.4 is 5.32 Å². The lowest BCUT2D eigenvalue weighted by Gasteiger charge is -2.46. The van der Waals surface area contributed by atoms with Gasteiger partial charge in [-0.05, 0) is 58.9 Å². The van der Waals surface area contributed by atoms with E-state index in [4.69, 9.17) is 4.74 Å². The Hall–Kier alpha value is -2.80. The van der Waals surface area contributed by atoms with Crippen molar-refractivity contribution in [2.75, 3.05) is 26.4 Å². The molecule has 6 heteroatoms. The van der Waals surface area contributed by atoms with Crippen LogP contribution in [-0.4, -0.2) is 53.7 Å². The minimum absolute atomic E-state index is 0.0458. The average molecular weight is 458 g/mol. The van der Waals surface area contributed by atoms with Crippen molar-refractivity contribution in [1.29, 1.82) is 0 Å². The van der Waals surface area contributed by atoms with Crippen molar-refractivity contribution < 1.29 is 13.9 Å². The number of ether oxygens (including phenoxy) is 1. The van der Waals surface area contributed by atoms with Crippen molar-refractivity contribution >= 4 is 16.7 Å². The predicted molar refractivity (Wildman–Crippen MR) is 128 cm³/mol. The number of nitrogens with zero attached hydrogens (tertiary/aromatic N) is 2. The summed E-state index contributed by atoms with van der Waals surface area (Å²) in [5.74, 6) is -0.123. The van der Waals surface area contributed by atoms with E-state index in [0.29, 0.717) is 19.3 Å². The lowest BCUT2D eigenvalue weighted by atomic mass is 9.83. The van der Waals surface area contributed by atoms with Crippen LogP contribution >= 0.6 is 0 Å². The topological polar surface area (TPSA) is 48.1 Å². The van der Waals surface area contributed by atoms with E-state index in [1.165, 1.54) is 34.0 Å². The molecule has 1 amide bonds. The molecule has 3 aromatic carbocycles. The Labute approximate surface area is 198 Å². The van der Waals surface area contributed by atoms with Gasteiger partial charge >= 0.3 is 0 Å². The molecule has 3 aromatic rings. The standard InChI is InChI=1S/C28H28FN3O2/c29-21-9-7-19(8-10-21)26(24-16-34-24)32-17-30-27(33)28(32)11-13-31(14-12-28)23-15-20-5-1-3-18-4-2-6-22(23)25(18)20/h1-10,23-24,26H,11-17H2,(H,30,33)/t23?,24-,26?/m0/s1. The average Bonchev–Trinajstić information content (AvgIpc) is 3.57. The van der Waals surface area contributed by atoms with Crippen molar-refractivity contribution in [3.63, 3.8) is 0 Å². The maximum Gasteiger partial charge on any atom is 0.241 e. The number of hydrogen-bond acceptors (Lipinski definition) is 4. The highest BCUT2D eigenvalue weighted by Crippen LogP contribution is 2.46. The molecule has 7 rings (SSSR count). The molecule has 1 N–H and O–H groups in total. The molecule has 0 bridgehead atoms. The van der Waals surface area contributed by atoms with Crippen LogP contribution in [-0.2, 0) is 16.0 Å². The monoisotopic (exact) mass is 457 g/mol. The Morgan fingerprint density at radius 2 is 1.76 bits per heavy atom. The zero-order valence-electron chi connectivity index (χ0n) is 19.0. The smallest absolute Gasteiger partial charge is 0.241 e. The number of likely N-dealkylation sites (tertiary alicyclic amines) is 1. The van der Waals surface area contributed by atoms with Gasteiger partial charge in [-0.2, -0.15) is 0 Å². The largest absolute Gasteiger partial charge is 0.371 e. The number of carbonyl (C=O) groups excluding carboxylic acids is 1. The first-order valence-corrected chi connectivity index (χ1v) is 12.3. The van der Waals surface area contributed by atoms with Crippen LogP contribution in [0.2, 0.25) is 0 Å². The van der Waals surface area contributed by atoms with E-state index in [-0.39, 0.29) is 23.9 Å². The lowest BCUT2D eigenvalue weighted by molar-refractivity contribution is -0.131. The van der Waals surface area contributed by atoms with Gasteiger partial charge in [0.05, 0.1) is 19.3 Å². The van der Waals surface area contributed by atoms with Gasteiger partial charge in [0.15, 0.2) is 0 Å². The summed E-state index contributed by atoms with van der Waals surface area (Å²) in [6.45, 7) is 2.94. The third-order valence-corrected chi connectivity index (χ3v) is 8.50. The van der Waals surface area contributed by atoms with E-state index in [2.05, 4.69) is 51.5 Å². The first-order chi connectivity index (χ1) is 16.6. The van der Waals surface area contributed by atoms with Crippen molar-refractivity contribution in [1.82, 2.24) is 15.1 Å². The predicted octanol–water partition coefficient (Wildman–Crippen LogP) is 3.94. The van der Waals surface area contributed by atoms with E-state index in [9.17, 15) is 9.18 Å². The van der Waals surface area contributed by atoms with Crippen LogP contribution in [0.1, 0.15) is 41.6 Å². The summed E-state index contributed by atoms with van der Waals surface area (Å²) in [4.78, 5) is 18.2. The third-order valence-electron chi connectivity index (χ3n) is 8.50. The Balaban J connectivity index is 1.16. The van der Waals surface area contributed by atoms with Crippen LogP contribution in [0.4, 0.5) is 4.39 Å². The number of carbonyl (C=O) groups is 1. The molecule has 0 saturated carbocycles. The molecule has 3 atom stereocenters. The second-order valence-corrected chi connectivity index (χ2v) is 10.2. The number of piperidine rings is 1. The molecule has 3 saturated heterocycles. The Morgan fingerprint density at radius 3 is 2.50 bits per heavy atom. The number of halogens is 1. The molecule has 3 aliphatic heterocycles. The third kappa shape index (κ3) is 3.05. The highest BCUT2D eigenvalue weighted by atomic mass is 19.1. The molecule has 0 aromatic heterocycles. The maximum absolute atomic E-state index is 13.6. The molecule has 3 heterocycles. The van der Waals surface area contributed by atoms with Gasteiger partial charge in [0.25, 0.3) is 0 Å². The summed E-state index contributed by atoms with van der Waals surface area (Å²) in [7, 11) is 0. The summed E-state index contributed by atoms with van der Waals surface area (Å²) in [6, 6.07) is 20.3. The van der Waals surface area contributed by atoms with E-state index < -0.39 is 5.54 Å². The van der Waals surface area contributed by atoms with Gasteiger partial charge in [0, 0.05) is 19.1 Å². The van der Waals surface area contributed by atoms with Crippen LogP contribution in [0.15, 0.2) is 60.7 Å². The van der Waals surface area contributed by atoms with Crippen molar-refractivity contribution in [2.45, 2.75) is 43.0 Å². The van der Waals surface area contributed by atoms with E-state index in [1.54, 1.807) is 0 Å². The van der Waals surface area contributed by atoms with Crippen LogP contribution in [0, 0.1) is 5.82 Å². The number of hydrogen-bond donors (Lipinski definition) is 1. The van der Waals surface area contributed by atoms with Crippen LogP contribution in [0.25, 0.3) is 10.8 Å². The fraction of sp³-hybridized carbons (Fsp3) is 0.393. The summed E-state index contributed by atoms with van der Waals surface area (Å²) in [5.41, 5.74) is 3.33. The molecular formula is C28H28FN3O2. The molecule has 1 aliphatic carbocycles. The van der Waals surface area contributed by atoms with Gasteiger partial charge in [0.1, 0.15) is 17.5 Å². The normalized spacial score (nSPS) is 26.8.